The lowest BCUT2D eigenvalue weighted by Gasteiger charge is -2.37. The van der Waals surface area contributed by atoms with Crippen LogP contribution in [0.5, 0.6) is 0 Å². The number of halogens is 9. The Morgan fingerprint density at radius 2 is 1.21 bits per heavy atom. The molecular formula is C14H13F9O. The molecule has 0 aliphatic rings. The van der Waals surface area contributed by atoms with E-state index in [1.54, 1.807) is 6.92 Å². The van der Waals surface area contributed by atoms with Crippen molar-refractivity contribution >= 4 is 0 Å². The van der Waals surface area contributed by atoms with E-state index in [0.717, 1.165) is 12.1 Å². The number of hydrogen-bond acceptors (Lipinski definition) is 1. The van der Waals surface area contributed by atoms with Gasteiger partial charge in [-0.3, -0.25) is 0 Å². The first kappa shape index (κ1) is 20.6. The molecule has 0 spiro atoms. The topological polar surface area (TPSA) is 20.2 Å². The lowest BCUT2D eigenvalue weighted by Crippen LogP contribution is -2.62. The summed E-state index contributed by atoms with van der Waals surface area (Å²) in [5.74, 6) is -19.5. The van der Waals surface area contributed by atoms with Gasteiger partial charge in [0.15, 0.2) is 0 Å². The summed E-state index contributed by atoms with van der Waals surface area (Å²) in [6, 6.07) is 4.80. The zero-order chi connectivity index (χ0) is 19.2. The van der Waals surface area contributed by atoms with E-state index in [1.807, 2.05) is 0 Å². The smallest absolute Gasteiger partial charge is 0.385 e. The minimum absolute atomic E-state index is 0.334. The number of aliphatic hydroxyl groups is 1. The van der Waals surface area contributed by atoms with Crippen LogP contribution in [0.4, 0.5) is 39.5 Å². The van der Waals surface area contributed by atoms with Crippen LogP contribution in [0.15, 0.2) is 24.3 Å². The molecule has 0 saturated heterocycles. The molecule has 138 valence electrons. The van der Waals surface area contributed by atoms with Gasteiger partial charge in [0, 0.05) is 0 Å². The van der Waals surface area contributed by atoms with Crippen LogP contribution in [0.25, 0.3) is 0 Å². The lowest BCUT2D eigenvalue weighted by atomic mass is 9.86. The standard InChI is InChI=1S/C14H13F9O/c1-8-3-5-9(6-4-8)10(2,24)7-11(15,16)12(17,18)13(19,20)14(21,22)23/h3-6,24H,7H2,1-2H3. The lowest BCUT2D eigenvalue weighted by molar-refractivity contribution is -0.400. The fraction of sp³-hybridized carbons (Fsp3) is 0.571. The van der Waals surface area contributed by atoms with Crippen molar-refractivity contribution in [1.29, 1.82) is 0 Å². The first-order valence-electron chi connectivity index (χ1n) is 6.45. The molecular weight excluding hydrogens is 355 g/mol. The third kappa shape index (κ3) is 3.47. The van der Waals surface area contributed by atoms with Crippen LogP contribution in [0.2, 0.25) is 0 Å². The van der Waals surface area contributed by atoms with Gasteiger partial charge in [-0.05, 0) is 19.4 Å². The summed E-state index contributed by atoms with van der Waals surface area (Å²) < 4.78 is 115. The Kier molecular flexibility index (Phi) is 4.99. The Balaban J connectivity index is 3.21. The fourth-order valence-electron chi connectivity index (χ4n) is 1.97. The van der Waals surface area contributed by atoms with E-state index in [0.29, 0.717) is 12.5 Å². The molecule has 0 aliphatic carbocycles. The summed E-state index contributed by atoms with van der Waals surface area (Å²) in [5.41, 5.74) is -2.48. The van der Waals surface area contributed by atoms with Crippen molar-refractivity contribution < 1.29 is 44.6 Å². The van der Waals surface area contributed by atoms with Crippen molar-refractivity contribution in [3.05, 3.63) is 35.4 Å². The van der Waals surface area contributed by atoms with Crippen LogP contribution in [0.1, 0.15) is 24.5 Å². The third-order valence-electron chi connectivity index (χ3n) is 3.45. The van der Waals surface area contributed by atoms with Gasteiger partial charge in [0.05, 0.1) is 12.0 Å². The molecule has 0 radical (unpaired) electrons. The van der Waals surface area contributed by atoms with Crippen LogP contribution < -0.4 is 0 Å². The maximum Gasteiger partial charge on any atom is 0.460 e. The van der Waals surface area contributed by atoms with E-state index < -0.39 is 36.0 Å². The Morgan fingerprint density at radius 1 is 0.792 bits per heavy atom. The Hall–Kier alpha value is -1.45. The fourth-order valence-corrected chi connectivity index (χ4v) is 1.97. The van der Waals surface area contributed by atoms with Crippen molar-refractivity contribution in [3.63, 3.8) is 0 Å². The summed E-state index contributed by atoms with van der Waals surface area (Å²) in [6.07, 6.45) is -9.21. The molecule has 1 aromatic rings. The predicted molar refractivity (Wildman–Crippen MR) is 66.3 cm³/mol. The largest absolute Gasteiger partial charge is 0.460 e. The van der Waals surface area contributed by atoms with Gasteiger partial charge >= 0.3 is 23.9 Å². The van der Waals surface area contributed by atoms with Crippen molar-refractivity contribution in [3.8, 4) is 0 Å². The van der Waals surface area contributed by atoms with E-state index in [9.17, 15) is 44.6 Å². The van der Waals surface area contributed by atoms with Gasteiger partial charge in [0.2, 0.25) is 0 Å². The van der Waals surface area contributed by atoms with Crippen molar-refractivity contribution in [2.24, 2.45) is 0 Å². The maximum atomic E-state index is 13.6. The highest BCUT2D eigenvalue weighted by Gasteiger charge is 2.81. The minimum atomic E-state index is -6.97. The second-order valence-electron chi connectivity index (χ2n) is 5.67. The summed E-state index contributed by atoms with van der Waals surface area (Å²) >= 11 is 0. The molecule has 0 saturated carbocycles. The Morgan fingerprint density at radius 3 is 1.58 bits per heavy atom. The number of rotatable bonds is 5. The zero-order valence-corrected chi connectivity index (χ0v) is 12.4. The molecule has 1 atom stereocenters. The Labute approximate surface area is 131 Å². The summed E-state index contributed by atoms with van der Waals surface area (Å²) in [6.45, 7) is 2.21. The van der Waals surface area contributed by atoms with Gasteiger partial charge in [-0.1, -0.05) is 29.8 Å². The molecule has 10 heteroatoms. The van der Waals surface area contributed by atoms with Gasteiger partial charge in [-0.25, -0.2) is 0 Å². The summed E-state index contributed by atoms with van der Waals surface area (Å²) in [5, 5.41) is 9.90. The number of aryl methyl sites for hydroxylation is 1. The monoisotopic (exact) mass is 368 g/mol. The average molecular weight is 368 g/mol. The van der Waals surface area contributed by atoms with Crippen molar-refractivity contribution in [1.82, 2.24) is 0 Å². The molecule has 0 heterocycles. The zero-order valence-electron chi connectivity index (χ0n) is 12.4. The van der Waals surface area contributed by atoms with Crippen LogP contribution in [-0.2, 0) is 5.60 Å². The summed E-state index contributed by atoms with van der Waals surface area (Å²) in [7, 11) is 0. The second kappa shape index (κ2) is 5.82. The molecule has 0 fully saturated rings. The molecule has 1 rings (SSSR count). The molecule has 1 N–H and O–H groups in total. The molecule has 0 aliphatic heterocycles. The second-order valence-corrected chi connectivity index (χ2v) is 5.67. The van der Waals surface area contributed by atoms with Crippen LogP contribution in [-0.4, -0.2) is 29.1 Å². The minimum Gasteiger partial charge on any atom is -0.385 e. The van der Waals surface area contributed by atoms with Crippen LogP contribution in [0.3, 0.4) is 0 Å². The third-order valence-corrected chi connectivity index (χ3v) is 3.45. The van der Waals surface area contributed by atoms with Gasteiger partial charge in [-0.2, -0.15) is 39.5 Å². The highest BCUT2D eigenvalue weighted by Crippen LogP contribution is 2.55. The summed E-state index contributed by atoms with van der Waals surface area (Å²) in [4.78, 5) is 0. The molecule has 1 aromatic carbocycles. The normalized spacial score (nSPS) is 16.8. The molecule has 1 nitrogen and oxygen atoms in total. The SMILES string of the molecule is Cc1ccc(C(C)(O)CC(F)(F)C(F)(F)C(F)(F)C(F)(F)F)cc1. The number of hydrogen-bond donors (Lipinski definition) is 1. The van der Waals surface area contributed by atoms with Crippen LogP contribution >= 0.6 is 0 Å². The van der Waals surface area contributed by atoms with E-state index in [1.165, 1.54) is 12.1 Å². The highest BCUT2D eigenvalue weighted by atomic mass is 19.4. The highest BCUT2D eigenvalue weighted by molar-refractivity contribution is 5.26. The molecule has 0 aromatic heterocycles. The first-order valence-corrected chi connectivity index (χ1v) is 6.45. The van der Waals surface area contributed by atoms with E-state index in [-0.39, 0.29) is 5.56 Å². The van der Waals surface area contributed by atoms with Gasteiger partial charge in [0.1, 0.15) is 0 Å². The van der Waals surface area contributed by atoms with Crippen molar-refractivity contribution in [2.45, 2.75) is 49.8 Å². The molecule has 0 amide bonds. The number of alkyl halides is 9. The molecule has 0 bridgehead atoms. The van der Waals surface area contributed by atoms with Gasteiger partial charge < -0.3 is 5.11 Å². The maximum absolute atomic E-state index is 13.6. The first-order chi connectivity index (χ1) is 10.5. The van der Waals surface area contributed by atoms with Crippen molar-refractivity contribution in [2.75, 3.05) is 0 Å². The van der Waals surface area contributed by atoms with E-state index in [2.05, 4.69) is 0 Å². The van der Waals surface area contributed by atoms with E-state index in [4.69, 9.17) is 0 Å². The number of benzene rings is 1. The van der Waals surface area contributed by atoms with Crippen LogP contribution in [0, 0.1) is 6.92 Å². The predicted octanol–water partition coefficient (Wildman–Crippen LogP) is 5.06. The Bertz CT molecular complexity index is 573. The molecule has 1 unspecified atom stereocenters. The average Bonchev–Trinajstić information content (AvgIpc) is 2.36. The van der Waals surface area contributed by atoms with Gasteiger partial charge in [0.25, 0.3) is 0 Å². The molecule has 24 heavy (non-hydrogen) atoms. The van der Waals surface area contributed by atoms with E-state index >= 15 is 0 Å². The van der Waals surface area contributed by atoms with Gasteiger partial charge in [-0.15, -0.1) is 0 Å². The quantitative estimate of drug-likeness (QED) is 0.721.